The SMILES string of the molecule is NC(Cc1nc2ccc(F)cc2o1)C1CC1. The molecule has 0 amide bonds. The van der Waals surface area contributed by atoms with E-state index in [2.05, 4.69) is 4.98 Å². The Morgan fingerprint density at radius 2 is 2.31 bits per heavy atom. The van der Waals surface area contributed by atoms with Crippen molar-refractivity contribution >= 4 is 11.1 Å². The number of hydrogen-bond donors (Lipinski definition) is 1. The fourth-order valence-corrected chi connectivity index (χ4v) is 1.93. The summed E-state index contributed by atoms with van der Waals surface area (Å²) in [5.74, 6) is 0.924. The molecule has 0 saturated heterocycles. The van der Waals surface area contributed by atoms with Crippen LogP contribution in [0.5, 0.6) is 0 Å². The monoisotopic (exact) mass is 220 g/mol. The van der Waals surface area contributed by atoms with Gasteiger partial charge in [-0.05, 0) is 30.9 Å². The molecule has 1 saturated carbocycles. The first-order valence-corrected chi connectivity index (χ1v) is 5.53. The van der Waals surface area contributed by atoms with Crippen LogP contribution in [0.15, 0.2) is 22.6 Å². The number of nitrogens with two attached hydrogens (primary N) is 1. The Morgan fingerprint density at radius 3 is 3.06 bits per heavy atom. The summed E-state index contributed by atoms with van der Waals surface area (Å²) in [6.45, 7) is 0. The van der Waals surface area contributed by atoms with E-state index < -0.39 is 0 Å². The maximum absolute atomic E-state index is 12.9. The molecule has 1 aliphatic rings. The van der Waals surface area contributed by atoms with E-state index in [1.165, 1.54) is 25.0 Å². The summed E-state index contributed by atoms with van der Waals surface area (Å²) in [7, 11) is 0. The average molecular weight is 220 g/mol. The molecule has 2 aromatic rings. The summed E-state index contributed by atoms with van der Waals surface area (Å²) >= 11 is 0. The second-order valence-electron chi connectivity index (χ2n) is 4.43. The Balaban J connectivity index is 1.86. The number of aromatic nitrogens is 1. The number of nitrogens with zero attached hydrogens (tertiary/aromatic N) is 1. The minimum Gasteiger partial charge on any atom is -0.441 e. The highest BCUT2D eigenvalue weighted by Crippen LogP contribution is 2.33. The maximum Gasteiger partial charge on any atom is 0.197 e. The van der Waals surface area contributed by atoms with E-state index in [0.29, 0.717) is 29.3 Å². The van der Waals surface area contributed by atoms with Crippen molar-refractivity contribution in [1.29, 1.82) is 0 Å². The lowest BCUT2D eigenvalue weighted by Gasteiger charge is -2.05. The molecular weight excluding hydrogens is 207 g/mol. The molecule has 16 heavy (non-hydrogen) atoms. The first-order chi connectivity index (χ1) is 7.72. The molecule has 84 valence electrons. The molecule has 1 aliphatic carbocycles. The summed E-state index contributed by atoms with van der Waals surface area (Å²) in [5, 5.41) is 0. The van der Waals surface area contributed by atoms with Crippen LogP contribution in [0.3, 0.4) is 0 Å². The molecule has 3 rings (SSSR count). The molecule has 1 unspecified atom stereocenters. The summed E-state index contributed by atoms with van der Waals surface area (Å²) in [4.78, 5) is 4.29. The van der Waals surface area contributed by atoms with Gasteiger partial charge in [0.1, 0.15) is 11.3 Å². The average Bonchev–Trinajstić information content (AvgIpc) is 3.00. The maximum atomic E-state index is 12.9. The Hall–Kier alpha value is -1.42. The Bertz CT molecular complexity index is 519. The third-order valence-electron chi connectivity index (χ3n) is 3.03. The van der Waals surface area contributed by atoms with Crippen LogP contribution in [-0.2, 0) is 6.42 Å². The van der Waals surface area contributed by atoms with Gasteiger partial charge < -0.3 is 10.2 Å². The molecular formula is C12H13FN2O. The predicted molar refractivity (Wildman–Crippen MR) is 58.4 cm³/mol. The van der Waals surface area contributed by atoms with Crippen molar-refractivity contribution in [3.8, 4) is 0 Å². The van der Waals surface area contributed by atoms with Gasteiger partial charge >= 0.3 is 0 Å². The van der Waals surface area contributed by atoms with Crippen LogP contribution in [-0.4, -0.2) is 11.0 Å². The van der Waals surface area contributed by atoms with E-state index in [0.717, 1.165) is 0 Å². The van der Waals surface area contributed by atoms with Crippen LogP contribution < -0.4 is 5.73 Å². The van der Waals surface area contributed by atoms with Crippen molar-refractivity contribution in [3.63, 3.8) is 0 Å². The minimum atomic E-state index is -0.304. The summed E-state index contributed by atoms with van der Waals surface area (Å²) in [6.07, 6.45) is 3.05. The van der Waals surface area contributed by atoms with E-state index in [1.807, 2.05) is 0 Å². The van der Waals surface area contributed by atoms with Gasteiger partial charge in [-0.25, -0.2) is 9.37 Å². The van der Waals surface area contributed by atoms with Crippen molar-refractivity contribution in [3.05, 3.63) is 29.9 Å². The van der Waals surface area contributed by atoms with Gasteiger partial charge in [-0.1, -0.05) is 0 Å². The number of hydrogen-bond acceptors (Lipinski definition) is 3. The molecule has 4 heteroatoms. The smallest absolute Gasteiger partial charge is 0.197 e. The number of halogens is 1. The topological polar surface area (TPSA) is 52.0 Å². The van der Waals surface area contributed by atoms with Gasteiger partial charge in [-0.3, -0.25) is 0 Å². The first-order valence-electron chi connectivity index (χ1n) is 5.53. The molecule has 1 heterocycles. The molecule has 0 bridgehead atoms. The van der Waals surface area contributed by atoms with E-state index in [4.69, 9.17) is 10.2 Å². The van der Waals surface area contributed by atoms with Gasteiger partial charge in [-0.15, -0.1) is 0 Å². The van der Waals surface area contributed by atoms with Gasteiger partial charge in [0, 0.05) is 18.5 Å². The zero-order valence-electron chi connectivity index (χ0n) is 8.82. The zero-order chi connectivity index (χ0) is 11.1. The van der Waals surface area contributed by atoms with Crippen molar-refractivity contribution in [2.24, 2.45) is 11.7 Å². The largest absolute Gasteiger partial charge is 0.441 e. The summed E-state index contributed by atoms with van der Waals surface area (Å²) < 4.78 is 18.4. The quantitative estimate of drug-likeness (QED) is 0.863. The normalized spacial score (nSPS) is 17.9. The highest BCUT2D eigenvalue weighted by Gasteiger charge is 2.29. The lowest BCUT2D eigenvalue weighted by Crippen LogP contribution is -2.25. The van der Waals surface area contributed by atoms with Crippen molar-refractivity contribution in [1.82, 2.24) is 4.98 Å². The molecule has 1 fully saturated rings. The lowest BCUT2D eigenvalue weighted by molar-refractivity contribution is 0.474. The second-order valence-corrected chi connectivity index (χ2v) is 4.43. The van der Waals surface area contributed by atoms with E-state index in [1.54, 1.807) is 6.07 Å². The number of fused-ring (bicyclic) bond motifs is 1. The third kappa shape index (κ3) is 1.80. The molecule has 0 radical (unpaired) electrons. The van der Waals surface area contributed by atoms with Crippen molar-refractivity contribution in [2.75, 3.05) is 0 Å². The molecule has 1 aromatic heterocycles. The fraction of sp³-hybridized carbons (Fsp3) is 0.417. The predicted octanol–water partition coefficient (Wildman–Crippen LogP) is 2.25. The van der Waals surface area contributed by atoms with Gasteiger partial charge in [0.05, 0.1) is 0 Å². The highest BCUT2D eigenvalue weighted by molar-refractivity contribution is 5.72. The second kappa shape index (κ2) is 3.56. The highest BCUT2D eigenvalue weighted by atomic mass is 19.1. The molecule has 0 spiro atoms. The van der Waals surface area contributed by atoms with Crippen molar-refractivity contribution in [2.45, 2.75) is 25.3 Å². The Morgan fingerprint density at radius 1 is 1.50 bits per heavy atom. The molecule has 1 aromatic carbocycles. The van der Waals surface area contributed by atoms with Gasteiger partial charge in [0.2, 0.25) is 0 Å². The molecule has 3 nitrogen and oxygen atoms in total. The molecule has 2 N–H and O–H groups in total. The summed E-state index contributed by atoms with van der Waals surface area (Å²) in [6, 6.07) is 4.49. The molecule has 1 atom stereocenters. The van der Waals surface area contributed by atoms with Crippen LogP contribution in [0.1, 0.15) is 18.7 Å². The van der Waals surface area contributed by atoms with Crippen LogP contribution in [0.2, 0.25) is 0 Å². The van der Waals surface area contributed by atoms with E-state index >= 15 is 0 Å². The Kier molecular flexibility index (Phi) is 2.17. The standard InChI is InChI=1S/C12H13FN2O/c13-8-3-4-10-11(5-8)16-12(15-10)6-9(14)7-1-2-7/h3-5,7,9H,1-2,6,14H2. The van der Waals surface area contributed by atoms with Crippen molar-refractivity contribution < 1.29 is 8.81 Å². The lowest BCUT2D eigenvalue weighted by atomic mass is 10.1. The number of oxazole rings is 1. The molecule has 0 aliphatic heterocycles. The minimum absolute atomic E-state index is 0.123. The first kappa shape index (κ1) is 9.78. The number of benzene rings is 1. The van der Waals surface area contributed by atoms with Gasteiger partial charge in [0.25, 0.3) is 0 Å². The van der Waals surface area contributed by atoms with E-state index in [-0.39, 0.29) is 11.9 Å². The zero-order valence-corrected chi connectivity index (χ0v) is 8.82. The van der Waals surface area contributed by atoms with Crippen LogP contribution in [0.4, 0.5) is 4.39 Å². The van der Waals surface area contributed by atoms with Crippen LogP contribution in [0.25, 0.3) is 11.1 Å². The summed E-state index contributed by atoms with van der Waals surface area (Å²) in [5.41, 5.74) is 7.18. The van der Waals surface area contributed by atoms with Gasteiger partial charge in [0.15, 0.2) is 11.5 Å². The Labute approximate surface area is 92.5 Å². The third-order valence-corrected chi connectivity index (χ3v) is 3.03. The number of rotatable bonds is 3. The van der Waals surface area contributed by atoms with Crippen LogP contribution in [0, 0.1) is 11.7 Å². The van der Waals surface area contributed by atoms with E-state index in [9.17, 15) is 4.39 Å². The van der Waals surface area contributed by atoms with Crippen LogP contribution >= 0.6 is 0 Å². The van der Waals surface area contributed by atoms with Gasteiger partial charge in [-0.2, -0.15) is 0 Å². The fourth-order valence-electron chi connectivity index (χ4n) is 1.93.